The molecule has 1 nitrogen and oxygen atoms in total. The lowest BCUT2D eigenvalue weighted by molar-refractivity contribution is 0.660. The summed E-state index contributed by atoms with van der Waals surface area (Å²) in [6.45, 7) is 4.28. The summed E-state index contributed by atoms with van der Waals surface area (Å²) in [5.74, 6) is 0. The lowest BCUT2D eigenvalue weighted by Gasteiger charge is -2.33. The van der Waals surface area contributed by atoms with Gasteiger partial charge in [-0.15, -0.1) is 0 Å². The summed E-state index contributed by atoms with van der Waals surface area (Å²) < 4.78 is 123. The summed E-state index contributed by atoms with van der Waals surface area (Å²) in [7, 11) is 0. The fourth-order valence-electron chi connectivity index (χ4n) is 8.95. The van der Waals surface area contributed by atoms with Gasteiger partial charge in [-0.2, -0.15) is 0 Å². The van der Waals surface area contributed by atoms with Crippen molar-refractivity contribution in [1.82, 2.24) is 0 Å². The molecule has 0 heterocycles. The van der Waals surface area contributed by atoms with E-state index in [4.69, 9.17) is 6.85 Å². The minimum absolute atomic E-state index is 0.0248. The van der Waals surface area contributed by atoms with Crippen LogP contribution in [0.3, 0.4) is 0 Å². The average Bonchev–Trinajstić information content (AvgIpc) is 3.88. The average molecular weight is 689 g/mol. The molecule has 3 aliphatic carbocycles. The molecule has 0 fully saturated rings. The van der Waals surface area contributed by atoms with Crippen LogP contribution in [-0.4, -0.2) is 0 Å². The number of para-hydroxylation sites is 1. The highest BCUT2D eigenvalue weighted by Gasteiger charge is 2.51. The largest absolute Gasteiger partial charge is 0.310 e. The molecule has 0 bridgehead atoms. The van der Waals surface area contributed by atoms with Gasteiger partial charge >= 0.3 is 0 Å². The van der Waals surface area contributed by atoms with E-state index in [9.17, 15) is 11.0 Å². The van der Waals surface area contributed by atoms with Crippen molar-refractivity contribution < 1.29 is 17.8 Å². The first-order chi connectivity index (χ1) is 31.5. The second-order valence-electron chi connectivity index (χ2n) is 14.2. The number of anilines is 3. The number of nitrogens with zero attached hydrogens (tertiary/aromatic N) is 1. The lowest BCUT2D eigenvalue weighted by atomic mass is 9.70. The molecule has 0 aliphatic heterocycles. The maximum atomic E-state index is 10.7. The van der Waals surface area contributed by atoms with E-state index < -0.39 is 65.2 Å². The second-order valence-corrected chi connectivity index (χ2v) is 14.2. The Morgan fingerprint density at radius 2 is 1.06 bits per heavy atom. The molecule has 8 aromatic rings. The third kappa shape index (κ3) is 4.02. The standard InChI is InChI=1S/C52H37N/c1-51(2)44-23-11-6-19-38(44)42-30-28-35(32-48(42)51)53(50-27-15-10-18-37(50)34-16-4-3-5-17-34)36-29-31-43-41-22-9-14-26-47(41)52(49(43)33-36)45-24-12-7-20-39(45)40-21-8-13-25-46(40)52/h3-33H,1-2H3/i7D,8D,9D,12D,13D,20D,22D,24D,25D,26D,29D,31D,33D. The van der Waals surface area contributed by atoms with Gasteiger partial charge in [0, 0.05) is 22.4 Å². The first kappa shape index (κ1) is 20.0. The molecule has 8 aromatic carbocycles. The van der Waals surface area contributed by atoms with Gasteiger partial charge in [0.15, 0.2) is 0 Å². The third-order valence-corrected chi connectivity index (χ3v) is 11.3. The fourth-order valence-corrected chi connectivity index (χ4v) is 8.95. The summed E-state index contributed by atoms with van der Waals surface area (Å²) in [4.78, 5) is 1.77. The molecule has 0 saturated carbocycles. The van der Waals surface area contributed by atoms with Gasteiger partial charge in [-0.25, -0.2) is 0 Å². The summed E-state index contributed by atoms with van der Waals surface area (Å²) in [6, 6.07) is 27.5. The molecule has 0 saturated heterocycles. The van der Waals surface area contributed by atoms with Crippen molar-refractivity contribution in [2.75, 3.05) is 4.90 Å². The van der Waals surface area contributed by atoms with Crippen LogP contribution < -0.4 is 4.90 Å². The van der Waals surface area contributed by atoms with Crippen LogP contribution in [0.1, 0.15) is 65.0 Å². The van der Waals surface area contributed by atoms with E-state index in [1.807, 2.05) is 84.9 Å². The van der Waals surface area contributed by atoms with Gasteiger partial charge in [0.25, 0.3) is 0 Å². The highest BCUT2D eigenvalue weighted by Crippen LogP contribution is 2.63. The van der Waals surface area contributed by atoms with Crippen molar-refractivity contribution in [2.45, 2.75) is 24.7 Å². The maximum absolute atomic E-state index is 10.7. The Balaban J connectivity index is 1.34. The second kappa shape index (κ2) is 11.0. The summed E-state index contributed by atoms with van der Waals surface area (Å²) in [5.41, 5.74) is 3.27. The first-order valence-corrected chi connectivity index (χ1v) is 17.6. The molecule has 53 heavy (non-hydrogen) atoms. The third-order valence-electron chi connectivity index (χ3n) is 11.3. The Bertz CT molecular complexity index is 3510. The Morgan fingerprint density at radius 1 is 0.415 bits per heavy atom. The zero-order valence-electron chi connectivity index (χ0n) is 41.8. The van der Waals surface area contributed by atoms with Crippen molar-refractivity contribution in [2.24, 2.45) is 0 Å². The summed E-state index contributed by atoms with van der Waals surface area (Å²) in [5, 5.41) is 0. The van der Waals surface area contributed by atoms with Gasteiger partial charge in [-0.05, 0) is 103 Å². The quantitative estimate of drug-likeness (QED) is 0.178. The smallest absolute Gasteiger partial charge is 0.0726 e. The van der Waals surface area contributed by atoms with Gasteiger partial charge in [0.2, 0.25) is 0 Å². The van der Waals surface area contributed by atoms with Crippen molar-refractivity contribution in [3.8, 4) is 44.5 Å². The molecule has 0 radical (unpaired) electrons. The highest BCUT2D eigenvalue weighted by molar-refractivity contribution is 5.97. The van der Waals surface area contributed by atoms with Crippen LogP contribution >= 0.6 is 0 Å². The molecule has 1 spiro atoms. The maximum Gasteiger partial charge on any atom is 0.0726 e. The molecule has 250 valence electrons. The van der Waals surface area contributed by atoms with Crippen LogP contribution in [0.25, 0.3) is 44.5 Å². The monoisotopic (exact) mass is 688 g/mol. The number of hydrogen-bond acceptors (Lipinski definition) is 1. The van der Waals surface area contributed by atoms with E-state index in [1.54, 1.807) is 4.90 Å². The molecular weight excluding hydrogens is 639 g/mol. The molecule has 1 atom stereocenters. The molecule has 1 unspecified atom stereocenters. The number of rotatable bonds is 4. The fraction of sp³-hybridized carbons (Fsp3) is 0.0769. The van der Waals surface area contributed by atoms with Crippen molar-refractivity contribution in [1.29, 1.82) is 0 Å². The number of benzene rings is 8. The van der Waals surface area contributed by atoms with E-state index in [2.05, 4.69) is 26.0 Å². The van der Waals surface area contributed by atoms with Gasteiger partial charge in [-0.3, -0.25) is 0 Å². The Labute approximate surface area is 329 Å². The Hall–Kier alpha value is -6.44. The van der Waals surface area contributed by atoms with Gasteiger partial charge in [0.05, 0.1) is 28.9 Å². The van der Waals surface area contributed by atoms with Gasteiger partial charge < -0.3 is 4.90 Å². The summed E-state index contributed by atoms with van der Waals surface area (Å²) in [6.07, 6.45) is 0. The van der Waals surface area contributed by atoms with Crippen LogP contribution in [0.2, 0.25) is 0 Å². The van der Waals surface area contributed by atoms with Gasteiger partial charge in [0.1, 0.15) is 0 Å². The summed E-state index contributed by atoms with van der Waals surface area (Å²) >= 11 is 0. The Kier molecular flexibility index (Phi) is 4.16. The predicted molar refractivity (Wildman–Crippen MR) is 220 cm³/mol. The zero-order valence-corrected chi connectivity index (χ0v) is 28.8. The van der Waals surface area contributed by atoms with Gasteiger partial charge in [-0.1, -0.05) is 171 Å². The minimum atomic E-state index is -2.21. The van der Waals surface area contributed by atoms with E-state index in [1.165, 1.54) is 6.07 Å². The van der Waals surface area contributed by atoms with Crippen LogP contribution in [-0.2, 0) is 10.8 Å². The number of hydrogen-bond donors (Lipinski definition) is 0. The predicted octanol–water partition coefficient (Wildman–Crippen LogP) is 13.5. The van der Waals surface area contributed by atoms with Crippen molar-refractivity contribution >= 4 is 17.1 Å². The first-order valence-electron chi connectivity index (χ1n) is 24.1. The van der Waals surface area contributed by atoms with E-state index in [0.717, 1.165) is 39.4 Å². The van der Waals surface area contributed by atoms with Crippen LogP contribution in [0.15, 0.2) is 188 Å². The highest BCUT2D eigenvalue weighted by atomic mass is 15.1. The molecule has 0 N–H and O–H groups in total. The molecule has 0 amide bonds. The Morgan fingerprint density at radius 3 is 1.94 bits per heavy atom. The van der Waals surface area contributed by atoms with Crippen LogP contribution in [0.4, 0.5) is 17.1 Å². The lowest BCUT2D eigenvalue weighted by Crippen LogP contribution is -2.26. The van der Waals surface area contributed by atoms with E-state index in [-0.39, 0.29) is 74.4 Å². The molecule has 11 rings (SSSR count). The zero-order chi connectivity index (χ0) is 46.6. The van der Waals surface area contributed by atoms with Crippen LogP contribution in [0, 0.1) is 0 Å². The molecule has 3 aliphatic rings. The molecule has 1 heteroatoms. The topological polar surface area (TPSA) is 3.24 Å². The molecule has 0 aromatic heterocycles. The van der Waals surface area contributed by atoms with E-state index in [0.29, 0.717) is 11.4 Å². The normalized spacial score (nSPS) is 19.8. The minimum Gasteiger partial charge on any atom is -0.310 e. The van der Waals surface area contributed by atoms with Crippen molar-refractivity contribution in [3.63, 3.8) is 0 Å². The number of fused-ring (bicyclic) bond motifs is 13. The molecular formula is C52H37N. The van der Waals surface area contributed by atoms with Crippen LogP contribution in [0.5, 0.6) is 0 Å². The van der Waals surface area contributed by atoms with E-state index >= 15 is 0 Å². The SMILES string of the molecule is [2H]c1cc2c(c([2H])c1[2H])C1(c3c([2H])cc([2H])c([2H])c3-c3c([2H])c([2H])c(N(c4ccc5c(c4)C(C)(C)c4ccccc4-5)c4ccccc4-c4ccccc4)c([2H])c31)c1c([2H])c([2H])c([2H])c([2H])c1-2. The van der Waals surface area contributed by atoms with Crippen molar-refractivity contribution in [3.05, 3.63) is 221 Å².